The first-order valence-corrected chi connectivity index (χ1v) is 20.5. The van der Waals surface area contributed by atoms with Crippen LogP contribution in [-0.2, 0) is 6.42 Å². The van der Waals surface area contributed by atoms with Crippen molar-refractivity contribution >= 4 is 45.6 Å². The fraction of sp³-hybridized carbons (Fsp3) is 0.212. The minimum atomic E-state index is 0.152. The number of rotatable bonds is 5. The molecule has 2 heterocycles. The maximum Gasteiger partial charge on any atom is 0.115 e. The number of benzene rings is 4. The van der Waals surface area contributed by atoms with Gasteiger partial charge < -0.3 is 4.57 Å². The van der Waals surface area contributed by atoms with Crippen molar-refractivity contribution in [3.05, 3.63) is 167 Å². The van der Waals surface area contributed by atoms with Crippen LogP contribution in [0.25, 0.3) is 73.5 Å². The van der Waals surface area contributed by atoms with E-state index >= 15 is 0 Å². The summed E-state index contributed by atoms with van der Waals surface area (Å²) in [4.78, 5) is 5.34. The van der Waals surface area contributed by atoms with Crippen LogP contribution in [0.15, 0.2) is 139 Å². The highest BCUT2D eigenvalue weighted by Gasteiger charge is 2.55. The Morgan fingerprint density at radius 2 is 1.58 bits per heavy atom. The van der Waals surface area contributed by atoms with E-state index in [1.54, 1.807) is 5.57 Å². The first kappa shape index (κ1) is 29.4. The molecule has 8 aliphatic rings. The highest BCUT2D eigenvalue weighted by molar-refractivity contribution is 6.25. The van der Waals surface area contributed by atoms with Gasteiger partial charge in [-0.25, -0.2) is 4.98 Å². The van der Waals surface area contributed by atoms with Crippen LogP contribution < -0.4 is 0 Å². The Hall–Kier alpha value is -5.93. The number of aromatic nitrogens is 3. The number of para-hydroxylation sites is 1. The third kappa shape index (κ3) is 3.98. The summed E-state index contributed by atoms with van der Waals surface area (Å²) in [5.74, 6) is 4.32. The summed E-state index contributed by atoms with van der Waals surface area (Å²) < 4.78 is 5.11. The second-order valence-corrected chi connectivity index (χ2v) is 17.5. The molecule has 0 N–H and O–H groups in total. The summed E-state index contributed by atoms with van der Waals surface area (Å²) in [6.07, 6.45) is 32.4. The van der Waals surface area contributed by atoms with Gasteiger partial charge in [0.05, 0.1) is 16.9 Å². The van der Waals surface area contributed by atoms with Gasteiger partial charge in [0.2, 0.25) is 0 Å². The monoisotopic (exact) mass is 705 g/mol. The maximum absolute atomic E-state index is 5.34. The SMILES string of the molecule is C1=Cc2nc(CC34C=CC(C5=Cc6c(n(-c7ccccc7)c7cc8c9c(cccc9c67)-c6ccccc6-8)C6CC56)=CC3C4)n(C3=CC4CC4C=C3)c2C=CC1. The first-order chi connectivity index (χ1) is 27.2. The van der Waals surface area contributed by atoms with Crippen LogP contribution in [0.1, 0.15) is 60.1 Å². The molecule has 4 aromatic carbocycles. The van der Waals surface area contributed by atoms with Gasteiger partial charge >= 0.3 is 0 Å². The summed E-state index contributed by atoms with van der Waals surface area (Å²) in [6.45, 7) is 0. The lowest BCUT2D eigenvalue weighted by Gasteiger charge is -2.22. The van der Waals surface area contributed by atoms with Gasteiger partial charge in [-0.1, -0.05) is 103 Å². The number of nitrogens with zero attached hydrogens (tertiary/aromatic N) is 3. The van der Waals surface area contributed by atoms with Gasteiger partial charge in [-0.2, -0.15) is 0 Å². The number of hydrogen-bond donors (Lipinski definition) is 0. The van der Waals surface area contributed by atoms with E-state index in [-0.39, 0.29) is 5.41 Å². The van der Waals surface area contributed by atoms with E-state index in [4.69, 9.17) is 4.98 Å². The van der Waals surface area contributed by atoms with E-state index in [1.807, 2.05) is 0 Å². The Bertz CT molecular complexity index is 2990. The van der Waals surface area contributed by atoms with E-state index in [0.29, 0.717) is 23.7 Å². The molecule has 0 spiro atoms. The highest BCUT2D eigenvalue weighted by atomic mass is 15.1. The predicted molar refractivity (Wildman–Crippen MR) is 225 cm³/mol. The van der Waals surface area contributed by atoms with Crippen LogP contribution in [0.2, 0.25) is 0 Å². The van der Waals surface area contributed by atoms with Crippen molar-refractivity contribution in [2.24, 2.45) is 29.1 Å². The highest BCUT2D eigenvalue weighted by Crippen LogP contribution is 2.65. The zero-order valence-corrected chi connectivity index (χ0v) is 30.6. The number of hydrogen-bond acceptors (Lipinski definition) is 1. The molecule has 6 aromatic rings. The van der Waals surface area contributed by atoms with Crippen molar-refractivity contribution in [2.75, 3.05) is 0 Å². The van der Waals surface area contributed by atoms with Crippen LogP contribution in [0.5, 0.6) is 0 Å². The minimum absolute atomic E-state index is 0.152. The lowest BCUT2D eigenvalue weighted by atomic mass is 9.85. The van der Waals surface area contributed by atoms with Crippen molar-refractivity contribution < 1.29 is 0 Å². The minimum Gasteiger partial charge on any atom is -0.313 e. The molecule has 6 unspecified atom stereocenters. The van der Waals surface area contributed by atoms with E-state index in [1.165, 1.54) is 103 Å². The second-order valence-electron chi connectivity index (χ2n) is 17.5. The van der Waals surface area contributed by atoms with Gasteiger partial charge in [0, 0.05) is 45.8 Å². The van der Waals surface area contributed by atoms with Crippen molar-refractivity contribution in [1.29, 1.82) is 0 Å². The molecule has 2 aromatic heterocycles. The quantitative estimate of drug-likeness (QED) is 0.175. The van der Waals surface area contributed by atoms with Crippen LogP contribution in [-0.4, -0.2) is 14.1 Å². The average Bonchev–Trinajstić information content (AvgIpc) is 4.17. The molecule has 3 saturated carbocycles. The molecular formula is C52H39N3. The maximum atomic E-state index is 5.34. The topological polar surface area (TPSA) is 22.8 Å². The van der Waals surface area contributed by atoms with E-state index < -0.39 is 0 Å². The van der Waals surface area contributed by atoms with E-state index in [0.717, 1.165) is 24.5 Å². The molecule has 0 radical (unpaired) electrons. The van der Waals surface area contributed by atoms with Crippen LogP contribution in [0.3, 0.4) is 0 Å². The van der Waals surface area contributed by atoms with E-state index in [9.17, 15) is 0 Å². The molecule has 0 amide bonds. The summed E-state index contributed by atoms with van der Waals surface area (Å²) in [7, 11) is 0. The molecule has 0 bridgehead atoms. The van der Waals surface area contributed by atoms with Crippen LogP contribution in [0, 0.1) is 29.1 Å². The zero-order valence-electron chi connectivity index (χ0n) is 30.6. The Labute approximate surface area is 320 Å². The Morgan fingerprint density at radius 3 is 2.47 bits per heavy atom. The van der Waals surface area contributed by atoms with Gasteiger partial charge in [-0.15, -0.1) is 0 Å². The van der Waals surface area contributed by atoms with Gasteiger partial charge in [-0.3, -0.25) is 4.57 Å². The van der Waals surface area contributed by atoms with Gasteiger partial charge in [0.1, 0.15) is 5.82 Å². The lowest BCUT2D eigenvalue weighted by Crippen LogP contribution is -2.14. The molecule has 262 valence electrons. The first-order valence-electron chi connectivity index (χ1n) is 20.5. The summed E-state index contributed by atoms with van der Waals surface area (Å²) in [6, 6.07) is 29.6. The molecule has 0 aliphatic heterocycles. The smallest absolute Gasteiger partial charge is 0.115 e. The predicted octanol–water partition coefficient (Wildman–Crippen LogP) is 12.4. The Kier molecular flexibility index (Phi) is 5.47. The van der Waals surface area contributed by atoms with Gasteiger partial charge in [-0.05, 0) is 136 Å². The molecule has 55 heavy (non-hydrogen) atoms. The number of imidazole rings is 1. The standard InChI is InChI=1S/C52H39N3/c1-3-10-34(11-4-1)55-47-27-42-37-13-8-7-12-36(37)38-14-9-15-39(49(38)42)50(47)44-25-40(41-26-43(41)51(44)55)31-20-21-52(28-33(52)23-31)29-48-53-45-16-5-2-6-17-46(45)54(48)35-19-18-30-22-32(30)24-35/h1,3-21,23-25,27,30,32-33,41,43H,2,22,26,28-29H2. The van der Waals surface area contributed by atoms with Crippen molar-refractivity contribution in [3.63, 3.8) is 0 Å². The number of allylic oxidation sites excluding steroid dienone is 11. The third-order valence-corrected chi connectivity index (χ3v) is 14.4. The normalized spacial score (nSPS) is 27.7. The van der Waals surface area contributed by atoms with Gasteiger partial charge in [0.25, 0.3) is 0 Å². The molecule has 3 heteroatoms. The van der Waals surface area contributed by atoms with Crippen LogP contribution in [0.4, 0.5) is 0 Å². The fourth-order valence-electron chi connectivity index (χ4n) is 11.4. The molecule has 0 saturated heterocycles. The lowest BCUT2D eigenvalue weighted by molar-refractivity contribution is 0.575. The molecule has 6 atom stereocenters. The molecular weight excluding hydrogens is 667 g/mol. The fourth-order valence-corrected chi connectivity index (χ4v) is 11.4. The summed E-state index contributed by atoms with van der Waals surface area (Å²) in [5, 5.41) is 4.21. The third-order valence-electron chi connectivity index (χ3n) is 14.4. The Morgan fingerprint density at radius 1 is 0.727 bits per heavy atom. The van der Waals surface area contributed by atoms with E-state index in [2.05, 4.69) is 155 Å². The average molecular weight is 706 g/mol. The molecule has 8 aliphatic carbocycles. The van der Waals surface area contributed by atoms with Crippen molar-refractivity contribution in [1.82, 2.24) is 14.1 Å². The summed E-state index contributed by atoms with van der Waals surface area (Å²) >= 11 is 0. The van der Waals surface area contributed by atoms with Gasteiger partial charge in [0.15, 0.2) is 0 Å². The van der Waals surface area contributed by atoms with Crippen molar-refractivity contribution in [2.45, 2.75) is 38.0 Å². The largest absolute Gasteiger partial charge is 0.313 e. The molecule has 3 nitrogen and oxygen atoms in total. The Balaban J connectivity index is 0.886. The molecule has 3 fully saturated rings. The number of fused-ring (bicyclic) bond motifs is 12. The van der Waals surface area contributed by atoms with Crippen molar-refractivity contribution in [3.8, 4) is 27.9 Å². The molecule has 14 rings (SSSR count). The van der Waals surface area contributed by atoms with Crippen LogP contribution >= 0.6 is 0 Å². The zero-order chi connectivity index (χ0) is 35.6. The second kappa shape index (κ2) is 10.2. The summed E-state index contributed by atoms with van der Waals surface area (Å²) in [5.41, 5.74) is 17.8.